The molecule has 2 rings (SSSR count). The zero-order valence-corrected chi connectivity index (χ0v) is 10.8. The molecule has 3 nitrogen and oxygen atoms in total. The van der Waals surface area contributed by atoms with Crippen LogP contribution in [-0.4, -0.2) is 16.5 Å². The average Bonchev–Trinajstić information content (AvgIpc) is 2.32. The van der Waals surface area contributed by atoms with E-state index in [0.29, 0.717) is 16.8 Å². The molecule has 0 spiro atoms. The molecule has 0 aromatic heterocycles. The van der Waals surface area contributed by atoms with Crippen molar-refractivity contribution in [2.24, 2.45) is 0 Å². The van der Waals surface area contributed by atoms with Crippen molar-refractivity contribution >= 4 is 22.2 Å². The van der Waals surface area contributed by atoms with Gasteiger partial charge in [-0.1, -0.05) is 24.3 Å². The smallest absolute Gasteiger partial charge is 0.133 e. The second kappa shape index (κ2) is 4.26. The van der Waals surface area contributed by atoms with E-state index in [1.165, 1.54) is 0 Å². The van der Waals surface area contributed by atoms with Gasteiger partial charge in [0.05, 0.1) is 0 Å². The summed E-state index contributed by atoms with van der Waals surface area (Å²) in [4.78, 5) is 0. The lowest BCUT2D eigenvalue weighted by Crippen LogP contribution is -2.08. The van der Waals surface area contributed by atoms with Crippen LogP contribution in [0.3, 0.4) is 0 Å². The fraction of sp³-hybridized carbons (Fsp3) is 0.200. The molecule has 0 unspecified atom stereocenters. The van der Waals surface area contributed by atoms with Crippen molar-refractivity contribution in [2.75, 3.05) is 0 Å². The van der Waals surface area contributed by atoms with Crippen LogP contribution in [0.5, 0.6) is 5.75 Å². The highest BCUT2D eigenvalue weighted by Crippen LogP contribution is 2.35. The summed E-state index contributed by atoms with van der Waals surface area (Å²) in [5.74, 6) is 0.102. The summed E-state index contributed by atoms with van der Waals surface area (Å²) >= 11 is 0. The van der Waals surface area contributed by atoms with Gasteiger partial charge in [0, 0.05) is 27.9 Å². The lowest BCUT2D eigenvalue weighted by Gasteiger charge is -2.16. The second-order valence-electron chi connectivity index (χ2n) is 4.52. The molecular formula is C15H16N2O. The number of rotatable bonds is 2. The summed E-state index contributed by atoms with van der Waals surface area (Å²) in [6, 6.07) is 7.54. The van der Waals surface area contributed by atoms with Crippen LogP contribution in [0.2, 0.25) is 0 Å². The molecule has 0 atom stereocenters. The minimum absolute atomic E-state index is 0.102. The number of benzene rings is 2. The van der Waals surface area contributed by atoms with Gasteiger partial charge in [-0.05, 0) is 31.7 Å². The van der Waals surface area contributed by atoms with E-state index in [9.17, 15) is 5.11 Å². The summed E-state index contributed by atoms with van der Waals surface area (Å²) in [7, 11) is 0. The number of aromatic hydroxyl groups is 1. The number of aryl methyl sites for hydroxylation is 1. The number of hydrogen-bond donors (Lipinski definition) is 3. The normalized spacial score (nSPS) is 10.6. The van der Waals surface area contributed by atoms with Crippen LogP contribution in [0.4, 0.5) is 0 Å². The Bertz CT molecular complexity index is 613. The predicted octanol–water partition coefficient (Wildman–Crippen LogP) is 3.63. The van der Waals surface area contributed by atoms with Crippen LogP contribution in [-0.2, 0) is 0 Å². The lowest BCUT2D eigenvalue weighted by molar-refractivity contribution is 0.480. The first-order chi connectivity index (χ1) is 8.45. The maximum Gasteiger partial charge on any atom is 0.133 e. The quantitative estimate of drug-likeness (QED) is 0.689. The van der Waals surface area contributed by atoms with Crippen molar-refractivity contribution in [3.8, 4) is 5.75 Å². The first-order valence-corrected chi connectivity index (χ1v) is 5.80. The zero-order chi connectivity index (χ0) is 13.4. The van der Waals surface area contributed by atoms with Crippen LogP contribution in [0.25, 0.3) is 10.8 Å². The van der Waals surface area contributed by atoms with Crippen LogP contribution in [0, 0.1) is 17.7 Å². The first kappa shape index (κ1) is 12.3. The van der Waals surface area contributed by atoms with Crippen LogP contribution in [0.15, 0.2) is 24.3 Å². The summed E-state index contributed by atoms with van der Waals surface area (Å²) in [6.07, 6.45) is 0. The molecule has 0 aliphatic rings. The van der Waals surface area contributed by atoms with Crippen LogP contribution in [0.1, 0.15) is 30.5 Å². The Hall–Kier alpha value is -2.16. The number of hydrogen-bond acceptors (Lipinski definition) is 3. The zero-order valence-electron chi connectivity index (χ0n) is 10.8. The van der Waals surface area contributed by atoms with E-state index in [-0.39, 0.29) is 11.5 Å². The molecule has 92 valence electrons. The van der Waals surface area contributed by atoms with E-state index in [4.69, 9.17) is 10.8 Å². The molecule has 2 aromatic carbocycles. The first-order valence-electron chi connectivity index (χ1n) is 5.80. The van der Waals surface area contributed by atoms with Gasteiger partial charge < -0.3 is 15.9 Å². The van der Waals surface area contributed by atoms with E-state index in [2.05, 4.69) is 0 Å². The number of phenolic OH excluding ortho intramolecular Hbond substituents is 1. The van der Waals surface area contributed by atoms with Gasteiger partial charge in [0.1, 0.15) is 5.75 Å². The third kappa shape index (κ3) is 1.68. The Morgan fingerprint density at radius 3 is 1.94 bits per heavy atom. The Morgan fingerprint density at radius 1 is 0.944 bits per heavy atom. The lowest BCUT2D eigenvalue weighted by atomic mass is 9.89. The third-order valence-corrected chi connectivity index (χ3v) is 3.20. The largest absolute Gasteiger partial charge is 0.507 e. The fourth-order valence-corrected chi connectivity index (χ4v) is 2.43. The Morgan fingerprint density at radius 2 is 1.44 bits per heavy atom. The summed E-state index contributed by atoms with van der Waals surface area (Å²) in [6.45, 7) is 5.25. The maximum absolute atomic E-state index is 10.3. The Kier molecular flexibility index (Phi) is 2.91. The molecule has 0 heterocycles. The maximum atomic E-state index is 10.3. The number of nitrogens with one attached hydrogen (secondary N) is 2. The molecule has 3 N–H and O–H groups in total. The van der Waals surface area contributed by atoms with Crippen LogP contribution >= 0.6 is 0 Å². The van der Waals surface area contributed by atoms with Crippen molar-refractivity contribution in [3.63, 3.8) is 0 Å². The van der Waals surface area contributed by atoms with Gasteiger partial charge in [0.25, 0.3) is 0 Å². The number of phenols is 1. The minimum atomic E-state index is 0.102. The van der Waals surface area contributed by atoms with E-state index >= 15 is 0 Å². The minimum Gasteiger partial charge on any atom is -0.507 e. The Balaban J connectivity index is 3.06. The topological polar surface area (TPSA) is 67.9 Å². The second-order valence-corrected chi connectivity index (χ2v) is 4.52. The van der Waals surface area contributed by atoms with Crippen molar-refractivity contribution in [1.29, 1.82) is 10.8 Å². The van der Waals surface area contributed by atoms with Gasteiger partial charge in [-0.15, -0.1) is 0 Å². The van der Waals surface area contributed by atoms with E-state index in [1.807, 2.05) is 31.2 Å². The summed E-state index contributed by atoms with van der Waals surface area (Å²) in [5, 5.41) is 27.7. The van der Waals surface area contributed by atoms with Gasteiger partial charge >= 0.3 is 0 Å². The van der Waals surface area contributed by atoms with E-state index in [1.54, 1.807) is 13.8 Å². The molecule has 0 amide bonds. The SMILES string of the molecule is CC(=N)c1c(C(C)=N)c(O)c2ccccc2c1C. The molecule has 0 fully saturated rings. The molecule has 0 radical (unpaired) electrons. The third-order valence-electron chi connectivity index (χ3n) is 3.20. The molecule has 0 aliphatic heterocycles. The van der Waals surface area contributed by atoms with Crippen LogP contribution < -0.4 is 0 Å². The molecule has 0 aliphatic carbocycles. The fourth-order valence-electron chi connectivity index (χ4n) is 2.43. The molecule has 2 aromatic rings. The molecule has 18 heavy (non-hydrogen) atoms. The van der Waals surface area contributed by atoms with Crippen molar-refractivity contribution in [2.45, 2.75) is 20.8 Å². The highest BCUT2D eigenvalue weighted by Gasteiger charge is 2.18. The molecular weight excluding hydrogens is 224 g/mol. The molecule has 0 bridgehead atoms. The standard InChI is InChI=1S/C15H16N2O/c1-8-11-6-4-5-7-12(11)15(18)14(10(3)17)13(8)9(2)16/h4-7,16-18H,1-3H3. The van der Waals surface area contributed by atoms with Gasteiger partial charge in [-0.3, -0.25) is 0 Å². The highest BCUT2D eigenvalue weighted by atomic mass is 16.3. The van der Waals surface area contributed by atoms with Gasteiger partial charge in [-0.2, -0.15) is 0 Å². The molecule has 0 saturated carbocycles. The monoisotopic (exact) mass is 240 g/mol. The van der Waals surface area contributed by atoms with Crippen molar-refractivity contribution in [1.82, 2.24) is 0 Å². The summed E-state index contributed by atoms with van der Waals surface area (Å²) in [5.41, 5.74) is 2.73. The number of fused-ring (bicyclic) bond motifs is 1. The molecule has 0 saturated heterocycles. The Labute approximate surface area is 106 Å². The molecule has 3 heteroatoms. The van der Waals surface area contributed by atoms with Crippen molar-refractivity contribution in [3.05, 3.63) is 41.0 Å². The van der Waals surface area contributed by atoms with E-state index in [0.717, 1.165) is 16.3 Å². The highest BCUT2D eigenvalue weighted by molar-refractivity contribution is 6.16. The summed E-state index contributed by atoms with van der Waals surface area (Å²) < 4.78 is 0. The van der Waals surface area contributed by atoms with Crippen molar-refractivity contribution < 1.29 is 5.11 Å². The van der Waals surface area contributed by atoms with E-state index < -0.39 is 0 Å². The predicted molar refractivity (Wildman–Crippen MR) is 75.4 cm³/mol. The van der Waals surface area contributed by atoms with Gasteiger partial charge in [0.15, 0.2) is 0 Å². The average molecular weight is 240 g/mol. The van der Waals surface area contributed by atoms with Gasteiger partial charge in [-0.25, -0.2) is 0 Å². The van der Waals surface area contributed by atoms with Gasteiger partial charge in [0.2, 0.25) is 0 Å².